The van der Waals surface area contributed by atoms with Gasteiger partial charge in [0.25, 0.3) is 10.0 Å². The summed E-state index contributed by atoms with van der Waals surface area (Å²) >= 11 is 7.68. The minimum absolute atomic E-state index is 0.0181. The minimum atomic E-state index is -3.94. The summed E-state index contributed by atoms with van der Waals surface area (Å²) in [7, 11) is -3.94. The molecule has 10 heteroatoms. The van der Waals surface area contributed by atoms with Gasteiger partial charge < -0.3 is 10.3 Å². The fraction of sp³-hybridized carbons (Fsp3) is 0.286. The lowest BCUT2D eigenvalue weighted by Crippen LogP contribution is -2.36. The molecule has 0 saturated carbocycles. The van der Waals surface area contributed by atoms with Gasteiger partial charge in [-0.1, -0.05) is 29.8 Å². The number of rotatable bonds is 11. The van der Waals surface area contributed by atoms with Crippen LogP contribution >= 0.6 is 23.4 Å². The first kappa shape index (κ1) is 28.0. The van der Waals surface area contributed by atoms with E-state index < -0.39 is 10.0 Å². The van der Waals surface area contributed by atoms with Gasteiger partial charge in [-0.25, -0.2) is 13.4 Å². The number of hydrogen-bond donors (Lipinski definition) is 2. The van der Waals surface area contributed by atoms with E-state index in [4.69, 9.17) is 11.6 Å². The molecule has 1 aromatic heterocycles. The summed E-state index contributed by atoms with van der Waals surface area (Å²) < 4.78 is 28.7. The highest BCUT2D eigenvalue weighted by Gasteiger charge is 2.27. The number of aryl methyl sites for hydroxylation is 2. The van der Waals surface area contributed by atoms with Crippen LogP contribution in [0.2, 0.25) is 5.02 Å². The number of sulfonamides is 1. The van der Waals surface area contributed by atoms with Gasteiger partial charge in [0.15, 0.2) is 0 Å². The van der Waals surface area contributed by atoms with Crippen LogP contribution in [0.4, 0.5) is 5.69 Å². The number of imidazole rings is 1. The van der Waals surface area contributed by atoms with Crippen molar-refractivity contribution in [2.45, 2.75) is 37.6 Å². The summed E-state index contributed by atoms with van der Waals surface area (Å²) in [5.74, 6) is 1.27. The first-order chi connectivity index (χ1) is 18.2. The zero-order valence-electron chi connectivity index (χ0n) is 21.6. The van der Waals surface area contributed by atoms with Crippen LogP contribution in [0.15, 0.2) is 71.6 Å². The third-order valence-electron chi connectivity index (χ3n) is 6.12. The molecule has 7 nitrogen and oxygen atoms in total. The third kappa shape index (κ3) is 6.70. The normalized spacial score (nSPS) is 12.4. The molecule has 0 radical (unpaired) electrons. The maximum Gasteiger partial charge on any atom is 0.264 e. The second-order valence-corrected chi connectivity index (χ2v) is 12.5. The average Bonchev–Trinajstić information content (AvgIpc) is 3.30. The quantitative estimate of drug-likeness (QED) is 0.230. The fourth-order valence-electron chi connectivity index (χ4n) is 4.34. The maximum atomic E-state index is 13.7. The van der Waals surface area contributed by atoms with Crippen molar-refractivity contribution in [3.05, 3.63) is 88.7 Å². The van der Waals surface area contributed by atoms with Crippen molar-refractivity contribution in [3.63, 3.8) is 0 Å². The summed E-state index contributed by atoms with van der Waals surface area (Å²) in [6.07, 6.45) is 2.69. The Morgan fingerprint density at radius 2 is 1.76 bits per heavy atom. The van der Waals surface area contributed by atoms with Crippen LogP contribution in [0.3, 0.4) is 0 Å². The number of thioether (sulfide) groups is 1. The lowest BCUT2D eigenvalue weighted by molar-refractivity contribution is -0.121. The topological polar surface area (TPSA) is 95.2 Å². The Labute approximate surface area is 233 Å². The number of hydrogen-bond acceptors (Lipinski definition) is 5. The van der Waals surface area contributed by atoms with Crippen LogP contribution in [0.25, 0.3) is 11.0 Å². The number of aromatic nitrogens is 2. The molecule has 4 rings (SSSR count). The van der Waals surface area contributed by atoms with Gasteiger partial charge in [-0.2, -0.15) is 11.8 Å². The minimum Gasteiger partial charge on any atom is -0.346 e. The van der Waals surface area contributed by atoms with Crippen LogP contribution in [-0.2, 0) is 14.8 Å². The van der Waals surface area contributed by atoms with Crippen LogP contribution < -0.4 is 9.62 Å². The zero-order valence-corrected chi connectivity index (χ0v) is 24.0. The van der Waals surface area contributed by atoms with Crippen molar-refractivity contribution in [1.29, 1.82) is 0 Å². The lowest BCUT2D eigenvalue weighted by Gasteiger charge is -2.26. The highest BCUT2D eigenvalue weighted by atomic mass is 35.5. The Kier molecular flexibility index (Phi) is 9.02. The summed E-state index contributed by atoms with van der Waals surface area (Å²) in [6, 6.07) is 19.1. The molecule has 1 atom stereocenters. The number of nitrogens with one attached hydrogen (secondary N) is 2. The summed E-state index contributed by atoms with van der Waals surface area (Å²) in [5.41, 5.74) is 4.12. The highest BCUT2D eigenvalue weighted by Crippen LogP contribution is 2.27. The number of nitrogens with zero attached hydrogens (tertiary/aromatic N) is 2. The largest absolute Gasteiger partial charge is 0.346 e. The summed E-state index contributed by atoms with van der Waals surface area (Å²) in [6.45, 7) is 3.81. The predicted molar refractivity (Wildman–Crippen MR) is 156 cm³/mol. The van der Waals surface area contributed by atoms with Gasteiger partial charge in [0.1, 0.15) is 5.82 Å². The molecule has 0 bridgehead atoms. The average molecular weight is 571 g/mol. The molecule has 1 heterocycles. The predicted octanol–water partition coefficient (Wildman–Crippen LogP) is 6.03. The van der Waals surface area contributed by atoms with Crippen molar-refractivity contribution >= 4 is 56.0 Å². The van der Waals surface area contributed by atoms with Crippen molar-refractivity contribution < 1.29 is 13.2 Å². The van der Waals surface area contributed by atoms with Crippen molar-refractivity contribution in [3.8, 4) is 0 Å². The van der Waals surface area contributed by atoms with Gasteiger partial charge in [0.2, 0.25) is 5.91 Å². The Morgan fingerprint density at radius 1 is 1.08 bits per heavy atom. The molecule has 0 aliphatic rings. The molecule has 0 saturated heterocycles. The Bertz CT molecular complexity index is 1470. The number of carbonyl (C=O) groups is 1. The molecule has 200 valence electrons. The van der Waals surface area contributed by atoms with Crippen LogP contribution in [0.1, 0.15) is 35.8 Å². The second kappa shape index (κ2) is 12.2. The Balaban J connectivity index is 1.57. The number of benzene rings is 3. The van der Waals surface area contributed by atoms with E-state index in [2.05, 4.69) is 15.3 Å². The Hall–Kier alpha value is -3.01. The van der Waals surface area contributed by atoms with Crippen molar-refractivity contribution in [2.75, 3.05) is 22.9 Å². The third-order valence-corrected chi connectivity index (χ3v) is 8.86. The molecule has 0 spiro atoms. The molecule has 3 aromatic carbocycles. The van der Waals surface area contributed by atoms with E-state index in [0.29, 0.717) is 23.0 Å². The SMILES string of the molecule is CSCC[C@H](NC(=O)CCN(c1cc(C)cc(C)c1)S(=O)(=O)c1ccc(Cl)cc1)c1nc2ccccc2[nH]1. The molecule has 0 unspecified atom stereocenters. The van der Waals surface area contributed by atoms with Gasteiger partial charge >= 0.3 is 0 Å². The number of fused-ring (bicyclic) bond motifs is 1. The number of aromatic amines is 1. The zero-order chi connectivity index (χ0) is 27.3. The first-order valence-corrected chi connectivity index (χ1v) is 15.5. The van der Waals surface area contributed by atoms with Crippen molar-refractivity contribution in [2.24, 2.45) is 0 Å². The number of H-pyrrole nitrogens is 1. The van der Waals surface area contributed by atoms with Gasteiger partial charge in [0, 0.05) is 18.0 Å². The van der Waals surface area contributed by atoms with E-state index in [1.54, 1.807) is 23.9 Å². The molecule has 0 aliphatic heterocycles. The smallest absolute Gasteiger partial charge is 0.264 e. The van der Waals surface area contributed by atoms with Crippen LogP contribution in [0, 0.1) is 13.8 Å². The van der Waals surface area contributed by atoms with E-state index in [1.807, 2.05) is 62.6 Å². The van der Waals surface area contributed by atoms with Crippen LogP contribution in [0.5, 0.6) is 0 Å². The van der Waals surface area contributed by atoms with Gasteiger partial charge in [0.05, 0.1) is 27.7 Å². The Morgan fingerprint density at radius 3 is 2.42 bits per heavy atom. The first-order valence-electron chi connectivity index (χ1n) is 12.3. The van der Waals surface area contributed by atoms with Gasteiger partial charge in [-0.15, -0.1) is 0 Å². The highest BCUT2D eigenvalue weighted by molar-refractivity contribution is 7.98. The fourth-order valence-corrected chi connectivity index (χ4v) is 6.38. The molecule has 0 fully saturated rings. The second-order valence-electron chi connectivity index (χ2n) is 9.17. The van der Waals surface area contributed by atoms with Crippen molar-refractivity contribution in [1.82, 2.24) is 15.3 Å². The van der Waals surface area contributed by atoms with Crippen LogP contribution in [-0.4, -0.2) is 42.8 Å². The molecule has 4 aromatic rings. The monoisotopic (exact) mass is 570 g/mol. The molecule has 0 aliphatic carbocycles. The van der Waals surface area contributed by atoms with E-state index in [1.165, 1.54) is 16.4 Å². The molecular weight excluding hydrogens is 540 g/mol. The number of carbonyl (C=O) groups excluding carboxylic acids is 1. The van der Waals surface area contributed by atoms with E-state index in [0.717, 1.165) is 27.9 Å². The molecule has 2 N–H and O–H groups in total. The summed E-state index contributed by atoms with van der Waals surface area (Å²) in [5, 5.41) is 3.52. The number of halogens is 1. The summed E-state index contributed by atoms with van der Waals surface area (Å²) in [4.78, 5) is 21.3. The molecular formula is C28H31ClN4O3S2. The van der Waals surface area contributed by atoms with E-state index in [-0.39, 0.29) is 29.8 Å². The lowest BCUT2D eigenvalue weighted by atomic mass is 10.1. The standard InChI is InChI=1S/C28H31ClN4O3S2/c1-19-16-20(2)18-22(17-19)33(38(35,36)23-10-8-21(29)9-11-23)14-12-27(34)30-26(13-15-37-3)28-31-24-6-4-5-7-25(24)32-28/h4-11,16-18,26H,12-15H2,1-3H3,(H,30,34)(H,31,32)/t26-/m0/s1. The number of anilines is 1. The molecule has 1 amide bonds. The van der Waals surface area contributed by atoms with E-state index >= 15 is 0 Å². The number of amides is 1. The van der Waals surface area contributed by atoms with Gasteiger partial charge in [-0.3, -0.25) is 9.10 Å². The molecule has 38 heavy (non-hydrogen) atoms. The van der Waals surface area contributed by atoms with Gasteiger partial charge in [-0.05, 0) is 91.9 Å². The van der Waals surface area contributed by atoms with E-state index in [9.17, 15) is 13.2 Å². The number of para-hydroxylation sites is 2. The maximum absolute atomic E-state index is 13.7.